The Labute approximate surface area is 95.3 Å². The van der Waals surface area contributed by atoms with Gasteiger partial charge in [0.25, 0.3) is 0 Å². The summed E-state index contributed by atoms with van der Waals surface area (Å²) in [6.07, 6.45) is 2.87. The summed E-state index contributed by atoms with van der Waals surface area (Å²) in [4.78, 5) is 12.0. The van der Waals surface area contributed by atoms with Gasteiger partial charge in [0.05, 0.1) is 11.6 Å². The molecule has 3 N–H and O–H groups in total. The second-order valence-corrected chi connectivity index (χ2v) is 4.42. The van der Waals surface area contributed by atoms with Crippen molar-refractivity contribution in [3.05, 3.63) is 23.7 Å². The van der Waals surface area contributed by atoms with Crippen molar-refractivity contribution in [2.75, 3.05) is 0 Å². The fraction of sp³-hybridized carbons (Fsp3) is 0.500. The quantitative estimate of drug-likeness (QED) is 0.830. The van der Waals surface area contributed by atoms with Crippen LogP contribution < -0.4 is 5.73 Å². The van der Waals surface area contributed by atoms with Crippen molar-refractivity contribution >= 4 is 11.2 Å². The maximum absolute atomic E-state index is 6.13. The van der Waals surface area contributed by atoms with E-state index in [1.807, 2.05) is 19.2 Å². The standard InChI is InChI=1S/C12H18N4/c1-4-8(3)10(13)12-15-9-5-7(2)6-14-11(9)16-12/h5-6,8,10H,4,13H2,1-3H3,(H,14,15,16). The Morgan fingerprint density at radius 2 is 2.25 bits per heavy atom. The van der Waals surface area contributed by atoms with Crippen LogP contribution in [0.4, 0.5) is 0 Å². The molecule has 0 aliphatic heterocycles. The largest absolute Gasteiger partial charge is 0.339 e. The van der Waals surface area contributed by atoms with Crippen LogP contribution in [0.1, 0.15) is 37.7 Å². The zero-order chi connectivity index (χ0) is 11.7. The molecule has 0 radical (unpaired) electrons. The van der Waals surface area contributed by atoms with Crippen LogP contribution in [0.15, 0.2) is 12.3 Å². The molecule has 0 saturated carbocycles. The highest BCUT2D eigenvalue weighted by Crippen LogP contribution is 2.21. The third-order valence-electron chi connectivity index (χ3n) is 3.07. The fourth-order valence-electron chi connectivity index (χ4n) is 1.70. The van der Waals surface area contributed by atoms with E-state index in [9.17, 15) is 0 Å². The third-order valence-corrected chi connectivity index (χ3v) is 3.07. The van der Waals surface area contributed by atoms with Gasteiger partial charge in [0, 0.05) is 6.20 Å². The van der Waals surface area contributed by atoms with Gasteiger partial charge in [-0.2, -0.15) is 0 Å². The Morgan fingerprint density at radius 3 is 2.94 bits per heavy atom. The summed E-state index contributed by atoms with van der Waals surface area (Å²) < 4.78 is 0. The van der Waals surface area contributed by atoms with Crippen molar-refractivity contribution in [2.45, 2.75) is 33.2 Å². The summed E-state index contributed by atoms with van der Waals surface area (Å²) in [5, 5.41) is 0. The van der Waals surface area contributed by atoms with E-state index in [-0.39, 0.29) is 6.04 Å². The zero-order valence-corrected chi connectivity index (χ0v) is 9.99. The van der Waals surface area contributed by atoms with Gasteiger partial charge in [0.15, 0.2) is 5.65 Å². The number of aromatic nitrogens is 3. The van der Waals surface area contributed by atoms with E-state index >= 15 is 0 Å². The number of rotatable bonds is 3. The number of aromatic amines is 1. The lowest BCUT2D eigenvalue weighted by Crippen LogP contribution is -2.19. The topological polar surface area (TPSA) is 67.6 Å². The smallest absolute Gasteiger partial charge is 0.177 e. The van der Waals surface area contributed by atoms with Crippen LogP contribution in [0, 0.1) is 12.8 Å². The van der Waals surface area contributed by atoms with Crippen LogP contribution in [-0.4, -0.2) is 15.0 Å². The molecular formula is C12H18N4. The van der Waals surface area contributed by atoms with E-state index in [0.29, 0.717) is 5.92 Å². The lowest BCUT2D eigenvalue weighted by molar-refractivity contribution is 0.442. The molecule has 2 unspecified atom stereocenters. The maximum Gasteiger partial charge on any atom is 0.177 e. The fourth-order valence-corrected chi connectivity index (χ4v) is 1.70. The monoisotopic (exact) mass is 218 g/mol. The number of H-pyrrole nitrogens is 1. The van der Waals surface area contributed by atoms with E-state index < -0.39 is 0 Å². The molecule has 0 aliphatic carbocycles. The predicted octanol–water partition coefficient (Wildman–Crippen LogP) is 2.31. The van der Waals surface area contributed by atoms with E-state index in [1.165, 1.54) is 0 Å². The van der Waals surface area contributed by atoms with Gasteiger partial charge in [-0.15, -0.1) is 0 Å². The number of nitrogens with zero attached hydrogens (tertiary/aromatic N) is 2. The minimum absolute atomic E-state index is 0.0421. The maximum atomic E-state index is 6.13. The van der Waals surface area contributed by atoms with E-state index in [1.54, 1.807) is 0 Å². The van der Waals surface area contributed by atoms with E-state index in [2.05, 4.69) is 28.8 Å². The van der Waals surface area contributed by atoms with Crippen molar-refractivity contribution < 1.29 is 0 Å². The van der Waals surface area contributed by atoms with Gasteiger partial charge >= 0.3 is 0 Å². The first kappa shape index (κ1) is 11.1. The van der Waals surface area contributed by atoms with Crippen LogP contribution >= 0.6 is 0 Å². The van der Waals surface area contributed by atoms with Gasteiger partial charge in [-0.25, -0.2) is 9.97 Å². The predicted molar refractivity (Wildman–Crippen MR) is 65.0 cm³/mol. The van der Waals surface area contributed by atoms with Crippen LogP contribution in [0.25, 0.3) is 11.2 Å². The molecule has 0 amide bonds. The first-order chi connectivity index (χ1) is 7.61. The molecule has 2 atom stereocenters. The molecule has 0 bridgehead atoms. The summed E-state index contributed by atoms with van der Waals surface area (Å²) >= 11 is 0. The molecule has 0 aliphatic rings. The first-order valence-corrected chi connectivity index (χ1v) is 5.69. The number of nitrogens with two attached hydrogens (primary N) is 1. The number of fused-ring (bicyclic) bond motifs is 1. The normalized spacial score (nSPS) is 15.2. The van der Waals surface area contributed by atoms with Gasteiger partial charge in [0.2, 0.25) is 0 Å². The SMILES string of the molecule is CCC(C)C(N)c1nc2ncc(C)cc2[nH]1. The minimum Gasteiger partial charge on any atom is -0.339 e. The van der Waals surface area contributed by atoms with Gasteiger partial charge in [-0.05, 0) is 24.5 Å². The molecule has 0 saturated heterocycles. The molecule has 2 rings (SSSR count). The molecule has 0 spiro atoms. The van der Waals surface area contributed by atoms with Crippen molar-refractivity contribution in [1.29, 1.82) is 0 Å². The molecule has 2 aromatic heterocycles. The van der Waals surface area contributed by atoms with Crippen LogP contribution in [-0.2, 0) is 0 Å². The number of pyridine rings is 1. The molecule has 2 heterocycles. The van der Waals surface area contributed by atoms with Gasteiger partial charge < -0.3 is 10.7 Å². The Kier molecular flexibility index (Phi) is 2.92. The summed E-state index contributed by atoms with van der Waals surface area (Å²) in [7, 11) is 0. The second kappa shape index (κ2) is 4.22. The van der Waals surface area contributed by atoms with Crippen molar-refractivity contribution in [2.24, 2.45) is 11.7 Å². The molecular weight excluding hydrogens is 200 g/mol. The molecule has 2 aromatic rings. The number of aryl methyl sites for hydroxylation is 1. The van der Waals surface area contributed by atoms with E-state index in [0.717, 1.165) is 29.0 Å². The number of hydrogen-bond donors (Lipinski definition) is 2. The van der Waals surface area contributed by atoms with Crippen LogP contribution in [0.3, 0.4) is 0 Å². The van der Waals surface area contributed by atoms with Gasteiger partial charge in [-0.3, -0.25) is 0 Å². The molecule has 4 nitrogen and oxygen atoms in total. The summed E-state index contributed by atoms with van der Waals surface area (Å²) in [5.41, 5.74) is 8.97. The van der Waals surface area contributed by atoms with Gasteiger partial charge in [0.1, 0.15) is 5.82 Å². The second-order valence-electron chi connectivity index (χ2n) is 4.42. The zero-order valence-electron chi connectivity index (χ0n) is 9.99. The van der Waals surface area contributed by atoms with Crippen molar-refractivity contribution in [3.8, 4) is 0 Å². The molecule has 4 heteroatoms. The molecule has 86 valence electrons. The number of imidazole rings is 1. The summed E-state index contributed by atoms with van der Waals surface area (Å²) in [6, 6.07) is 2.00. The van der Waals surface area contributed by atoms with Crippen LogP contribution in [0.2, 0.25) is 0 Å². The molecule has 16 heavy (non-hydrogen) atoms. The molecule has 0 aromatic carbocycles. The highest BCUT2D eigenvalue weighted by Gasteiger charge is 2.17. The highest BCUT2D eigenvalue weighted by atomic mass is 15.0. The Balaban J connectivity index is 2.39. The Hall–Kier alpha value is -1.42. The Bertz CT molecular complexity index is 489. The van der Waals surface area contributed by atoms with Crippen molar-refractivity contribution in [3.63, 3.8) is 0 Å². The lowest BCUT2D eigenvalue weighted by Gasteiger charge is -2.15. The number of nitrogens with one attached hydrogen (secondary N) is 1. The Morgan fingerprint density at radius 1 is 1.50 bits per heavy atom. The van der Waals surface area contributed by atoms with Crippen molar-refractivity contribution in [1.82, 2.24) is 15.0 Å². The van der Waals surface area contributed by atoms with E-state index in [4.69, 9.17) is 5.73 Å². The minimum atomic E-state index is -0.0421. The lowest BCUT2D eigenvalue weighted by atomic mass is 10.00. The highest BCUT2D eigenvalue weighted by molar-refractivity contribution is 5.71. The first-order valence-electron chi connectivity index (χ1n) is 5.69. The van der Waals surface area contributed by atoms with Gasteiger partial charge in [-0.1, -0.05) is 20.3 Å². The molecule has 0 fully saturated rings. The third kappa shape index (κ3) is 1.93. The average Bonchev–Trinajstić information content (AvgIpc) is 2.69. The van der Waals surface area contributed by atoms with Crippen LogP contribution in [0.5, 0.6) is 0 Å². The summed E-state index contributed by atoms with van der Waals surface area (Å²) in [6.45, 7) is 6.29. The summed E-state index contributed by atoms with van der Waals surface area (Å²) in [5.74, 6) is 1.25. The number of hydrogen-bond acceptors (Lipinski definition) is 3. The average molecular weight is 218 g/mol.